The van der Waals surface area contributed by atoms with Gasteiger partial charge in [-0.05, 0) is 36.6 Å². The molecular weight excluding hydrogens is 357 g/mol. The molecule has 2 aromatic heterocycles. The van der Waals surface area contributed by atoms with E-state index < -0.39 is 11.7 Å². The lowest BCUT2D eigenvalue weighted by molar-refractivity contribution is -0.138. The number of likely N-dealkylation sites (tertiary alicyclic amines) is 1. The molecule has 1 saturated heterocycles. The minimum absolute atomic E-state index is 0.0723. The maximum absolute atomic E-state index is 12.9. The summed E-state index contributed by atoms with van der Waals surface area (Å²) in [6.07, 6.45) is -1.07. The van der Waals surface area contributed by atoms with Gasteiger partial charge in [0.05, 0.1) is 18.0 Å². The zero-order valence-electron chi connectivity index (χ0n) is 14.4. The molecule has 8 heteroatoms. The molecule has 1 atom stereocenters. The smallest absolute Gasteiger partial charge is 0.332 e. The lowest BCUT2D eigenvalue weighted by atomic mass is 10.1. The van der Waals surface area contributed by atoms with Crippen LogP contribution in [0.2, 0.25) is 0 Å². The first-order valence-corrected chi connectivity index (χ1v) is 8.69. The Hall–Kier alpha value is -2.90. The van der Waals surface area contributed by atoms with Crippen molar-refractivity contribution in [2.75, 3.05) is 6.54 Å². The quantitative estimate of drug-likeness (QED) is 0.703. The minimum atomic E-state index is -4.42. The molecule has 0 aliphatic carbocycles. The zero-order valence-corrected chi connectivity index (χ0v) is 14.4. The predicted octanol–water partition coefficient (Wildman–Crippen LogP) is 3.65. The molecule has 1 amide bonds. The van der Waals surface area contributed by atoms with E-state index in [4.69, 9.17) is 0 Å². The van der Waals surface area contributed by atoms with Gasteiger partial charge in [0.25, 0.3) is 0 Å². The SMILES string of the molecule is O=C(Cc1cccc(C(F)(F)F)c1)N1CCCC1c1nnc2ccccn12. The van der Waals surface area contributed by atoms with E-state index in [0.717, 1.165) is 25.0 Å². The molecule has 5 nitrogen and oxygen atoms in total. The number of amides is 1. The van der Waals surface area contributed by atoms with Gasteiger partial charge in [0, 0.05) is 12.7 Å². The van der Waals surface area contributed by atoms with Gasteiger partial charge in [-0.1, -0.05) is 24.3 Å². The summed E-state index contributed by atoms with van der Waals surface area (Å²) in [5, 5.41) is 8.36. The van der Waals surface area contributed by atoms with Gasteiger partial charge in [0.2, 0.25) is 5.91 Å². The van der Waals surface area contributed by atoms with E-state index in [1.807, 2.05) is 28.8 Å². The van der Waals surface area contributed by atoms with Crippen LogP contribution in [0.5, 0.6) is 0 Å². The largest absolute Gasteiger partial charge is 0.416 e. The molecule has 1 fully saturated rings. The van der Waals surface area contributed by atoms with Crippen molar-refractivity contribution in [1.82, 2.24) is 19.5 Å². The summed E-state index contributed by atoms with van der Waals surface area (Å²) in [5.41, 5.74) is 0.311. The number of hydrogen-bond donors (Lipinski definition) is 0. The van der Waals surface area contributed by atoms with Crippen LogP contribution >= 0.6 is 0 Å². The Labute approximate surface area is 153 Å². The Morgan fingerprint density at radius 2 is 2.00 bits per heavy atom. The number of hydrogen-bond acceptors (Lipinski definition) is 3. The molecule has 0 saturated carbocycles. The summed E-state index contributed by atoms with van der Waals surface area (Å²) in [6, 6.07) is 10.3. The standard InChI is InChI=1S/C19H17F3N4O/c20-19(21,22)14-6-3-5-13(11-14)12-17(27)25-10-4-7-15(25)18-24-23-16-8-1-2-9-26(16)18/h1-3,5-6,8-9,11,15H,4,7,10,12H2. The third kappa shape index (κ3) is 3.39. The van der Waals surface area contributed by atoms with Crippen LogP contribution in [-0.4, -0.2) is 31.9 Å². The Morgan fingerprint density at radius 3 is 2.81 bits per heavy atom. The number of alkyl halides is 3. The lowest BCUT2D eigenvalue weighted by Crippen LogP contribution is -2.32. The van der Waals surface area contributed by atoms with Gasteiger partial charge in [0.15, 0.2) is 11.5 Å². The van der Waals surface area contributed by atoms with E-state index in [1.165, 1.54) is 6.07 Å². The maximum Gasteiger partial charge on any atom is 0.416 e. The average Bonchev–Trinajstić information content (AvgIpc) is 3.27. The van der Waals surface area contributed by atoms with Crippen molar-refractivity contribution in [3.05, 3.63) is 65.6 Å². The molecule has 0 spiro atoms. The number of benzene rings is 1. The van der Waals surface area contributed by atoms with E-state index in [1.54, 1.807) is 11.0 Å². The molecule has 0 radical (unpaired) electrons. The molecule has 3 heterocycles. The number of nitrogens with zero attached hydrogens (tertiary/aromatic N) is 4. The van der Waals surface area contributed by atoms with Crippen molar-refractivity contribution in [1.29, 1.82) is 0 Å². The fraction of sp³-hybridized carbons (Fsp3) is 0.316. The van der Waals surface area contributed by atoms with Crippen LogP contribution in [-0.2, 0) is 17.4 Å². The summed E-state index contributed by atoms with van der Waals surface area (Å²) in [4.78, 5) is 14.5. The molecule has 1 unspecified atom stereocenters. The summed E-state index contributed by atoms with van der Waals surface area (Å²) in [6.45, 7) is 0.560. The van der Waals surface area contributed by atoms with Crippen molar-refractivity contribution in [3.8, 4) is 0 Å². The third-order valence-corrected chi connectivity index (χ3v) is 4.82. The monoisotopic (exact) mass is 374 g/mol. The van der Waals surface area contributed by atoms with Gasteiger partial charge in [-0.15, -0.1) is 10.2 Å². The molecule has 1 aliphatic rings. The van der Waals surface area contributed by atoms with E-state index >= 15 is 0 Å². The fourth-order valence-electron chi connectivity index (χ4n) is 3.55. The fourth-order valence-corrected chi connectivity index (χ4v) is 3.55. The van der Waals surface area contributed by atoms with Crippen molar-refractivity contribution >= 4 is 11.6 Å². The van der Waals surface area contributed by atoms with Gasteiger partial charge in [-0.2, -0.15) is 13.2 Å². The van der Waals surface area contributed by atoms with E-state index in [-0.39, 0.29) is 18.4 Å². The number of aromatic nitrogens is 3. The molecule has 0 N–H and O–H groups in total. The molecule has 4 rings (SSSR count). The van der Waals surface area contributed by atoms with Crippen molar-refractivity contribution < 1.29 is 18.0 Å². The highest BCUT2D eigenvalue weighted by molar-refractivity contribution is 5.79. The molecule has 1 aromatic carbocycles. The molecular formula is C19H17F3N4O. The minimum Gasteiger partial charge on any atom is -0.332 e. The van der Waals surface area contributed by atoms with Gasteiger partial charge in [0.1, 0.15) is 0 Å². The molecule has 0 bridgehead atoms. The topological polar surface area (TPSA) is 50.5 Å². The second kappa shape index (κ2) is 6.68. The Morgan fingerprint density at radius 1 is 1.15 bits per heavy atom. The van der Waals surface area contributed by atoms with Gasteiger partial charge in [-0.25, -0.2) is 0 Å². The number of carbonyl (C=O) groups excluding carboxylic acids is 1. The number of rotatable bonds is 3. The van der Waals surface area contributed by atoms with Crippen LogP contribution in [0.3, 0.4) is 0 Å². The summed E-state index contributed by atoms with van der Waals surface area (Å²) < 4.78 is 40.5. The first-order chi connectivity index (χ1) is 12.9. The maximum atomic E-state index is 12.9. The second-order valence-corrected chi connectivity index (χ2v) is 6.61. The Balaban J connectivity index is 1.57. The Bertz CT molecular complexity index is 982. The lowest BCUT2D eigenvalue weighted by Gasteiger charge is -2.23. The van der Waals surface area contributed by atoms with Crippen molar-refractivity contribution in [2.45, 2.75) is 31.5 Å². The second-order valence-electron chi connectivity index (χ2n) is 6.61. The van der Waals surface area contributed by atoms with Crippen molar-refractivity contribution in [3.63, 3.8) is 0 Å². The molecule has 27 heavy (non-hydrogen) atoms. The first-order valence-electron chi connectivity index (χ1n) is 8.69. The molecule has 140 valence electrons. The summed E-state index contributed by atoms with van der Waals surface area (Å²) in [7, 11) is 0. The number of carbonyl (C=O) groups is 1. The first kappa shape index (κ1) is 17.5. The highest BCUT2D eigenvalue weighted by Gasteiger charge is 2.34. The van der Waals surface area contributed by atoms with Crippen LogP contribution in [0.15, 0.2) is 48.7 Å². The molecule has 1 aliphatic heterocycles. The van der Waals surface area contributed by atoms with Crippen LogP contribution in [0.1, 0.15) is 35.8 Å². The predicted molar refractivity (Wildman–Crippen MR) is 91.8 cm³/mol. The van der Waals surface area contributed by atoms with Crippen LogP contribution in [0, 0.1) is 0 Å². The molecule has 3 aromatic rings. The Kier molecular flexibility index (Phi) is 4.33. The number of pyridine rings is 1. The highest BCUT2D eigenvalue weighted by atomic mass is 19.4. The van der Waals surface area contributed by atoms with E-state index in [9.17, 15) is 18.0 Å². The highest BCUT2D eigenvalue weighted by Crippen LogP contribution is 2.33. The summed E-state index contributed by atoms with van der Waals surface area (Å²) in [5.74, 6) is 0.477. The van der Waals surface area contributed by atoms with Crippen molar-refractivity contribution in [2.24, 2.45) is 0 Å². The van der Waals surface area contributed by atoms with Gasteiger partial charge in [-0.3, -0.25) is 9.20 Å². The average molecular weight is 374 g/mol. The zero-order chi connectivity index (χ0) is 19.0. The summed E-state index contributed by atoms with van der Waals surface area (Å²) >= 11 is 0. The van der Waals surface area contributed by atoms with E-state index in [0.29, 0.717) is 23.6 Å². The van der Waals surface area contributed by atoms with Crippen LogP contribution < -0.4 is 0 Å². The normalized spacial score (nSPS) is 17.6. The van der Waals surface area contributed by atoms with E-state index in [2.05, 4.69) is 10.2 Å². The van der Waals surface area contributed by atoms with Gasteiger partial charge >= 0.3 is 6.18 Å². The van der Waals surface area contributed by atoms with Crippen LogP contribution in [0.25, 0.3) is 5.65 Å². The number of halogens is 3. The van der Waals surface area contributed by atoms with Crippen LogP contribution in [0.4, 0.5) is 13.2 Å². The van der Waals surface area contributed by atoms with Gasteiger partial charge < -0.3 is 4.90 Å². The number of fused-ring (bicyclic) bond motifs is 1. The third-order valence-electron chi connectivity index (χ3n) is 4.82.